The Morgan fingerprint density at radius 1 is 1.39 bits per heavy atom. The summed E-state index contributed by atoms with van der Waals surface area (Å²) in [4.78, 5) is 16.0. The fourth-order valence-corrected chi connectivity index (χ4v) is 1.85. The highest BCUT2D eigenvalue weighted by Crippen LogP contribution is 2.26. The fourth-order valence-electron chi connectivity index (χ4n) is 1.37. The smallest absolute Gasteiger partial charge is 0.175 e. The monoisotopic (exact) mass is 266 g/mol. The Bertz CT molecular complexity index is 585. The Labute approximate surface area is 106 Å². The van der Waals surface area contributed by atoms with Gasteiger partial charge in [0.2, 0.25) is 0 Å². The van der Waals surface area contributed by atoms with E-state index in [1.54, 1.807) is 0 Å². The molecule has 1 aromatic rings. The van der Waals surface area contributed by atoms with Crippen molar-refractivity contribution in [3.63, 3.8) is 0 Å². The first kappa shape index (κ1) is 14.3. The highest BCUT2D eigenvalue weighted by molar-refractivity contribution is 7.92. The van der Waals surface area contributed by atoms with Crippen LogP contribution in [0, 0.1) is 11.3 Å². The number of hydrogen-bond donors (Lipinski definition) is 0. The molecule has 0 aliphatic carbocycles. The van der Waals surface area contributed by atoms with Gasteiger partial charge in [0.15, 0.2) is 15.6 Å². The van der Waals surface area contributed by atoms with E-state index < -0.39 is 26.3 Å². The van der Waals surface area contributed by atoms with Crippen LogP contribution in [-0.4, -0.2) is 30.2 Å². The molecular formula is C12H14N2O3S. The molecule has 0 bridgehead atoms. The van der Waals surface area contributed by atoms with Gasteiger partial charge in [-0.1, -0.05) is 0 Å². The molecule has 1 atom stereocenters. The van der Waals surface area contributed by atoms with E-state index in [1.807, 2.05) is 6.07 Å². The molecule has 1 aromatic heterocycles. The van der Waals surface area contributed by atoms with E-state index in [0.29, 0.717) is 5.56 Å². The van der Waals surface area contributed by atoms with Crippen molar-refractivity contribution in [1.82, 2.24) is 4.98 Å². The van der Waals surface area contributed by atoms with Crippen LogP contribution < -0.4 is 0 Å². The lowest BCUT2D eigenvalue weighted by molar-refractivity contribution is -0.121. The lowest BCUT2D eigenvalue weighted by Crippen LogP contribution is -2.42. The van der Waals surface area contributed by atoms with Crippen LogP contribution in [0.2, 0.25) is 0 Å². The third-order valence-corrected chi connectivity index (χ3v) is 5.01. The van der Waals surface area contributed by atoms with E-state index in [9.17, 15) is 13.2 Å². The molecule has 6 heteroatoms. The van der Waals surface area contributed by atoms with E-state index in [4.69, 9.17) is 5.26 Å². The van der Waals surface area contributed by atoms with Crippen LogP contribution in [0.25, 0.3) is 0 Å². The largest absolute Gasteiger partial charge is 0.296 e. The molecule has 0 saturated heterocycles. The Balaban J connectivity index is 3.22. The van der Waals surface area contributed by atoms with E-state index in [0.717, 1.165) is 6.26 Å². The minimum Gasteiger partial charge on any atom is -0.296 e. The third-order valence-electron chi connectivity index (χ3n) is 2.95. The van der Waals surface area contributed by atoms with Crippen LogP contribution in [0.15, 0.2) is 24.5 Å². The maximum atomic E-state index is 12.2. The second kappa shape index (κ2) is 4.86. The number of pyridine rings is 1. The third kappa shape index (κ3) is 2.57. The van der Waals surface area contributed by atoms with Gasteiger partial charge in [-0.05, 0) is 31.5 Å². The number of carbonyl (C=O) groups excluding carboxylic acids is 1. The summed E-state index contributed by atoms with van der Waals surface area (Å²) in [6, 6.07) is 4.92. The zero-order valence-corrected chi connectivity index (χ0v) is 11.2. The van der Waals surface area contributed by atoms with E-state index in [2.05, 4.69) is 4.98 Å². The number of rotatable bonds is 4. The molecule has 1 heterocycles. The summed E-state index contributed by atoms with van der Waals surface area (Å²) >= 11 is 0. The molecular weight excluding hydrogens is 252 g/mol. The molecule has 0 fully saturated rings. The molecule has 0 aliphatic heterocycles. The highest BCUT2D eigenvalue weighted by atomic mass is 32.2. The summed E-state index contributed by atoms with van der Waals surface area (Å²) < 4.78 is 21.6. The maximum absolute atomic E-state index is 12.2. The predicted octanol–water partition coefficient (Wildman–Crippen LogP) is 1.08. The van der Waals surface area contributed by atoms with Gasteiger partial charge >= 0.3 is 0 Å². The van der Waals surface area contributed by atoms with Crippen molar-refractivity contribution in [3.8, 4) is 6.07 Å². The molecule has 0 N–H and O–H groups in total. The quantitative estimate of drug-likeness (QED) is 0.813. The standard InChI is InChI=1S/C12H14N2O3S/c1-12(2,18(3,16)17)11(15)10(8-13)9-4-6-14-7-5-9/h4-7,10H,1-3H3. The van der Waals surface area contributed by atoms with Crippen LogP contribution in [0.1, 0.15) is 25.3 Å². The van der Waals surface area contributed by atoms with Crippen LogP contribution in [0.5, 0.6) is 0 Å². The molecule has 96 valence electrons. The topological polar surface area (TPSA) is 87.9 Å². The van der Waals surface area contributed by atoms with E-state index in [-0.39, 0.29) is 0 Å². The summed E-state index contributed by atoms with van der Waals surface area (Å²) in [5.74, 6) is -1.73. The lowest BCUT2D eigenvalue weighted by Gasteiger charge is -2.23. The average molecular weight is 266 g/mol. The molecule has 0 aromatic carbocycles. The molecule has 0 saturated carbocycles. The minimum atomic E-state index is -3.58. The van der Waals surface area contributed by atoms with Crippen molar-refractivity contribution < 1.29 is 13.2 Å². The number of nitriles is 1. The van der Waals surface area contributed by atoms with Crippen molar-refractivity contribution >= 4 is 15.6 Å². The van der Waals surface area contributed by atoms with E-state index in [1.165, 1.54) is 38.4 Å². The number of hydrogen-bond acceptors (Lipinski definition) is 5. The summed E-state index contributed by atoms with van der Waals surface area (Å²) in [7, 11) is -3.58. The molecule has 0 radical (unpaired) electrons. The Kier molecular flexibility index (Phi) is 3.87. The van der Waals surface area contributed by atoms with Gasteiger partial charge in [-0.15, -0.1) is 0 Å². The second-order valence-electron chi connectivity index (χ2n) is 4.49. The number of carbonyl (C=O) groups is 1. The maximum Gasteiger partial charge on any atom is 0.175 e. The van der Waals surface area contributed by atoms with Gasteiger partial charge in [-0.2, -0.15) is 5.26 Å². The van der Waals surface area contributed by atoms with Gasteiger partial charge in [-0.25, -0.2) is 8.42 Å². The summed E-state index contributed by atoms with van der Waals surface area (Å²) in [5, 5.41) is 9.09. The van der Waals surface area contributed by atoms with Gasteiger partial charge in [0.05, 0.1) is 6.07 Å². The average Bonchev–Trinajstić information content (AvgIpc) is 2.29. The van der Waals surface area contributed by atoms with Crippen molar-refractivity contribution in [3.05, 3.63) is 30.1 Å². The van der Waals surface area contributed by atoms with Crippen LogP contribution in [0.4, 0.5) is 0 Å². The van der Waals surface area contributed by atoms with Gasteiger partial charge < -0.3 is 0 Å². The Hall–Kier alpha value is -1.74. The van der Waals surface area contributed by atoms with Crippen LogP contribution >= 0.6 is 0 Å². The van der Waals surface area contributed by atoms with Crippen molar-refractivity contribution in [2.24, 2.45) is 0 Å². The zero-order chi connectivity index (χ0) is 14.0. The number of nitrogens with zero attached hydrogens (tertiary/aromatic N) is 2. The first-order valence-corrected chi connectivity index (χ1v) is 7.14. The normalized spacial score (nSPS) is 13.7. The first-order chi connectivity index (χ1) is 8.21. The summed E-state index contributed by atoms with van der Waals surface area (Å²) in [6.07, 6.45) is 3.91. The van der Waals surface area contributed by atoms with Gasteiger partial charge in [0.25, 0.3) is 0 Å². The number of aromatic nitrogens is 1. The summed E-state index contributed by atoms with van der Waals surface area (Å²) in [6.45, 7) is 2.63. The lowest BCUT2D eigenvalue weighted by atomic mass is 9.90. The van der Waals surface area contributed by atoms with Gasteiger partial charge in [0.1, 0.15) is 10.7 Å². The van der Waals surface area contributed by atoms with Crippen LogP contribution in [0.3, 0.4) is 0 Å². The predicted molar refractivity (Wildman–Crippen MR) is 66.5 cm³/mol. The summed E-state index contributed by atoms with van der Waals surface area (Å²) in [5.41, 5.74) is 0.453. The van der Waals surface area contributed by atoms with Gasteiger partial charge in [-0.3, -0.25) is 9.78 Å². The highest BCUT2D eigenvalue weighted by Gasteiger charge is 2.42. The Morgan fingerprint density at radius 3 is 2.28 bits per heavy atom. The van der Waals surface area contributed by atoms with Crippen molar-refractivity contribution in [1.29, 1.82) is 5.26 Å². The fraction of sp³-hybridized carbons (Fsp3) is 0.417. The molecule has 18 heavy (non-hydrogen) atoms. The SMILES string of the molecule is CC(C)(C(=O)C(C#N)c1ccncc1)S(C)(=O)=O. The van der Waals surface area contributed by atoms with Crippen molar-refractivity contribution in [2.75, 3.05) is 6.26 Å². The Morgan fingerprint density at radius 2 is 1.89 bits per heavy atom. The number of sulfone groups is 1. The molecule has 0 amide bonds. The number of ketones is 1. The molecule has 1 unspecified atom stereocenters. The number of Topliss-reactive ketones (excluding diaryl/α,β-unsaturated/α-hetero) is 1. The second-order valence-corrected chi connectivity index (χ2v) is 7.05. The first-order valence-electron chi connectivity index (χ1n) is 5.25. The van der Waals surface area contributed by atoms with Gasteiger partial charge in [0, 0.05) is 18.6 Å². The molecule has 1 rings (SSSR count). The van der Waals surface area contributed by atoms with E-state index >= 15 is 0 Å². The zero-order valence-electron chi connectivity index (χ0n) is 10.4. The molecule has 0 spiro atoms. The van der Waals surface area contributed by atoms with Crippen molar-refractivity contribution in [2.45, 2.75) is 24.5 Å². The molecule has 5 nitrogen and oxygen atoms in total. The minimum absolute atomic E-state index is 0.453. The molecule has 0 aliphatic rings. The van der Waals surface area contributed by atoms with Crippen LogP contribution in [-0.2, 0) is 14.6 Å².